The van der Waals surface area contributed by atoms with Gasteiger partial charge in [0.1, 0.15) is 11.9 Å². The van der Waals surface area contributed by atoms with Crippen molar-refractivity contribution in [1.29, 1.82) is 0 Å². The highest BCUT2D eigenvalue weighted by Gasteiger charge is 2.57. The molecule has 2 aliphatic rings. The van der Waals surface area contributed by atoms with Crippen molar-refractivity contribution in [1.82, 2.24) is 0 Å². The predicted octanol–water partition coefficient (Wildman–Crippen LogP) is 3.88. The Morgan fingerprint density at radius 2 is 1.89 bits per heavy atom. The largest absolute Gasteiger partial charge is 0.489 e. The number of hydrogen-bond acceptors (Lipinski definition) is 2. The molecule has 2 nitrogen and oxygen atoms in total. The van der Waals surface area contributed by atoms with Crippen molar-refractivity contribution in [2.24, 2.45) is 5.41 Å². The third-order valence-electron chi connectivity index (χ3n) is 5.09. The number of ether oxygens (including phenoxy) is 1. The van der Waals surface area contributed by atoms with Gasteiger partial charge in [-0.3, -0.25) is 0 Å². The van der Waals surface area contributed by atoms with Crippen LogP contribution in [0.25, 0.3) is 0 Å². The maximum Gasteiger partial charge on any atom is 0.123 e. The summed E-state index contributed by atoms with van der Waals surface area (Å²) in [7, 11) is 0. The van der Waals surface area contributed by atoms with Crippen LogP contribution in [-0.4, -0.2) is 17.3 Å². The summed E-state index contributed by atoms with van der Waals surface area (Å²) in [5, 5.41) is 10.1. The van der Waals surface area contributed by atoms with Crippen LogP contribution in [0.15, 0.2) is 24.3 Å². The van der Waals surface area contributed by atoms with Gasteiger partial charge in [0.2, 0.25) is 0 Å². The first-order chi connectivity index (χ1) is 9.13. The molecule has 2 heteroatoms. The first kappa shape index (κ1) is 13.0. The van der Waals surface area contributed by atoms with Gasteiger partial charge in [-0.05, 0) is 30.4 Å². The molecule has 0 aliphatic heterocycles. The topological polar surface area (TPSA) is 29.5 Å². The van der Waals surface area contributed by atoms with Gasteiger partial charge in [-0.25, -0.2) is 0 Å². The summed E-state index contributed by atoms with van der Waals surface area (Å²) in [5.41, 5.74) is 1.33. The van der Waals surface area contributed by atoms with E-state index in [2.05, 4.69) is 32.0 Å². The average Bonchev–Trinajstić information content (AvgIpc) is 2.91. The Morgan fingerprint density at radius 1 is 1.21 bits per heavy atom. The van der Waals surface area contributed by atoms with Gasteiger partial charge in [0.05, 0.1) is 6.10 Å². The fraction of sp³-hybridized carbons (Fsp3) is 0.647. The van der Waals surface area contributed by atoms with E-state index < -0.39 is 0 Å². The third-order valence-corrected chi connectivity index (χ3v) is 5.09. The molecule has 19 heavy (non-hydrogen) atoms. The zero-order chi connectivity index (χ0) is 13.5. The molecule has 2 saturated carbocycles. The summed E-state index contributed by atoms with van der Waals surface area (Å²) in [6.45, 7) is 4.40. The Balaban J connectivity index is 1.79. The van der Waals surface area contributed by atoms with Gasteiger partial charge in [0, 0.05) is 11.8 Å². The van der Waals surface area contributed by atoms with Crippen LogP contribution in [0.4, 0.5) is 0 Å². The van der Waals surface area contributed by atoms with E-state index in [1.807, 2.05) is 6.07 Å². The Hall–Kier alpha value is -1.02. The second-order valence-corrected chi connectivity index (χ2v) is 6.49. The number of benzene rings is 1. The number of aliphatic hydroxyl groups excluding tert-OH is 1. The van der Waals surface area contributed by atoms with E-state index in [0.717, 1.165) is 25.0 Å². The lowest BCUT2D eigenvalue weighted by Gasteiger charge is -2.51. The Labute approximate surface area is 115 Å². The summed E-state index contributed by atoms with van der Waals surface area (Å²) in [5.74, 6) is 1.49. The van der Waals surface area contributed by atoms with E-state index in [1.165, 1.54) is 18.4 Å². The molecule has 1 spiro atoms. The fourth-order valence-electron chi connectivity index (χ4n) is 3.80. The van der Waals surface area contributed by atoms with Gasteiger partial charge in [-0.2, -0.15) is 0 Å². The summed E-state index contributed by atoms with van der Waals surface area (Å²) >= 11 is 0. The molecule has 0 saturated heterocycles. The highest BCUT2D eigenvalue weighted by molar-refractivity contribution is 5.36. The zero-order valence-electron chi connectivity index (χ0n) is 11.9. The molecule has 1 N–H and O–H groups in total. The molecule has 1 aromatic rings. The normalized spacial score (nSPS) is 28.6. The first-order valence-corrected chi connectivity index (χ1v) is 7.57. The third kappa shape index (κ3) is 2.06. The van der Waals surface area contributed by atoms with Crippen LogP contribution < -0.4 is 4.74 Å². The lowest BCUT2D eigenvalue weighted by atomic mass is 9.62. The molecule has 2 atom stereocenters. The van der Waals surface area contributed by atoms with Crippen molar-refractivity contribution in [3.8, 4) is 5.75 Å². The summed E-state index contributed by atoms with van der Waals surface area (Å²) < 4.78 is 6.29. The van der Waals surface area contributed by atoms with E-state index >= 15 is 0 Å². The molecule has 0 heterocycles. The maximum atomic E-state index is 10.1. The minimum Gasteiger partial charge on any atom is -0.489 e. The van der Waals surface area contributed by atoms with E-state index in [4.69, 9.17) is 4.74 Å². The Bertz CT molecular complexity index is 446. The molecule has 0 amide bonds. The zero-order valence-corrected chi connectivity index (χ0v) is 11.9. The van der Waals surface area contributed by atoms with Gasteiger partial charge in [0.25, 0.3) is 0 Å². The van der Waals surface area contributed by atoms with Crippen molar-refractivity contribution >= 4 is 0 Å². The number of aliphatic hydroxyl groups is 1. The van der Waals surface area contributed by atoms with Crippen LogP contribution in [0, 0.1) is 5.41 Å². The van der Waals surface area contributed by atoms with Crippen molar-refractivity contribution in [2.45, 2.75) is 64.1 Å². The predicted molar refractivity (Wildman–Crippen MR) is 76.5 cm³/mol. The summed E-state index contributed by atoms with van der Waals surface area (Å²) in [4.78, 5) is 0. The van der Waals surface area contributed by atoms with Crippen LogP contribution in [0.1, 0.15) is 57.4 Å². The quantitative estimate of drug-likeness (QED) is 0.893. The first-order valence-electron chi connectivity index (χ1n) is 7.57. The molecule has 3 rings (SSSR count). The molecule has 2 aliphatic carbocycles. The molecule has 0 aromatic heterocycles. The van der Waals surface area contributed by atoms with Crippen molar-refractivity contribution in [3.63, 3.8) is 0 Å². The van der Waals surface area contributed by atoms with Crippen molar-refractivity contribution in [2.75, 3.05) is 0 Å². The van der Waals surface area contributed by atoms with Crippen molar-refractivity contribution < 1.29 is 9.84 Å². The lowest BCUT2D eigenvalue weighted by Crippen LogP contribution is -2.58. The maximum absolute atomic E-state index is 10.1. The van der Waals surface area contributed by atoms with E-state index in [0.29, 0.717) is 5.92 Å². The fourth-order valence-corrected chi connectivity index (χ4v) is 3.80. The number of hydrogen-bond donors (Lipinski definition) is 1. The average molecular weight is 260 g/mol. The Morgan fingerprint density at radius 3 is 2.53 bits per heavy atom. The molecule has 1 aromatic carbocycles. The second-order valence-electron chi connectivity index (χ2n) is 6.49. The van der Waals surface area contributed by atoms with E-state index in [9.17, 15) is 5.11 Å². The molecule has 2 unspecified atom stereocenters. The smallest absolute Gasteiger partial charge is 0.123 e. The molecular formula is C17H24O2. The SMILES string of the molecule is CC(C)c1ccccc1OC1CC(O)C12CCCC2. The molecule has 2 fully saturated rings. The minimum absolute atomic E-state index is 0.0596. The highest BCUT2D eigenvalue weighted by atomic mass is 16.5. The van der Waals surface area contributed by atoms with E-state index in [-0.39, 0.29) is 17.6 Å². The molecule has 0 bridgehead atoms. The lowest BCUT2D eigenvalue weighted by molar-refractivity contribution is -0.152. The van der Waals surface area contributed by atoms with Crippen LogP contribution in [0.3, 0.4) is 0 Å². The standard InChI is InChI=1S/C17H24O2/c1-12(2)13-7-3-4-8-14(13)19-16-11-15(18)17(16)9-5-6-10-17/h3-4,7-8,12,15-16,18H,5-6,9-11H2,1-2H3. The molecule has 0 radical (unpaired) electrons. The monoisotopic (exact) mass is 260 g/mol. The second kappa shape index (κ2) is 4.82. The molecule has 104 valence electrons. The van der Waals surface area contributed by atoms with Gasteiger partial charge >= 0.3 is 0 Å². The van der Waals surface area contributed by atoms with E-state index in [1.54, 1.807) is 0 Å². The number of rotatable bonds is 3. The van der Waals surface area contributed by atoms with Gasteiger partial charge in [-0.15, -0.1) is 0 Å². The van der Waals surface area contributed by atoms with Gasteiger partial charge < -0.3 is 9.84 Å². The van der Waals surface area contributed by atoms with Gasteiger partial charge in [-0.1, -0.05) is 44.9 Å². The number of para-hydroxylation sites is 1. The summed E-state index contributed by atoms with van der Waals surface area (Å²) in [6.07, 6.45) is 5.60. The van der Waals surface area contributed by atoms with Gasteiger partial charge in [0.15, 0.2) is 0 Å². The van der Waals surface area contributed by atoms with Crippen molar-refractivity contribution in [3.05, 3.63) is 29.8 Å². The summed E-state index contributed by atoms with van der Waals surface area (Å²) in [6, 6.07) is 8.33. The van der Waals surface area contributed by atoms with Crippen LogP contribution >= 0.6 is 0 Å². The van der Waals surface area contributed by atoms with Crippen LogP contribution in [-0.2, 0) is 0 Å². The highest BCUT2D eigenvalue weighted by Crippen LogP contribution is 2.54. The Kier molecular flexibility index (Phi) is 3.30. The van der Waals surface area contributed by atoms with Crippen LogP contribution in [0.5, 0.6) is 5.75 Å². The van der Waals surface area contributed by atoms with Crippen LogP contribution in [0.2, 0.25) is 0 Å². The molecular weight excluding hydrogens is 236 g/mol. The minimum atomic E-state index is -0.147.